The lowest BCUT2D eigenvalue weighted by molar-refractivity contribution is 0.101. The summed E-state index contributed by atoms with van der Waals surface area (Å²) in [6.07, 6.45) is 0. The number of anilines is 1. The Bertz CT molecular complexity index is 1250. The second kappa shape index (κ2) is 8.36. The van der Waals surface area contributed by atoms with Gasteiger partial charge in [-0.2, -0.15) is 0 Å². The van der Waals surface area contributed by atoms with Gasteiger partial charge in [-0.25, -0.2) is 0 Å². The molecule has 4 aromatic rings. The van der Waals surface area contributed by atoms with Crippen LogP contribution in [0.1, 0.15) is 32.0 Å². The van der Waals surface area contributed by atoms with Gasteiger partial charge in [-0.15, -0.1) is 0 Å². The number of aryl methyl sites for hydroxylation is 1. The molecule has 1 amide bonds. The van der Waals surface area contributed by atoms with Gasteiger partial charge in [0.2, 0.25) is 5.78 Å². The molecular weight excluding hydrogens is 394 g/mol. The van der Waals surface area contributed by atoms with Crippen LogP contribution in [-0.2, 0) is 0 Å². The molecule has 0 radical (unpaired) electrons. The number of carbonyl (C=O) groups is 2. The SMILES string of the molecule is COc1cc(OC)cc(C(=O)Nc2ccc3c(C)c(C(=O)c4ccccc4)oc3c2)c1. The van der Waals surface area contributed by atoms with Gasteiger partial charge in [-0.3, -0.25) is 9.59 Å². The molecule has 0 aliphatic heterocycles. The standard InChI is InChI=1S/C25H21NO5/c1-15-21-10-9-18(26-25(28)17-11-19(29-2)14-20(12-17)30-3)13-22(21)31-24(15)23(27)16-7-5-4-6-8-16/h4-14H,1-3H3,(H,26,28). The van der Waals surface area contributed by atoms with Crippen molar-refractivity contribution in [3.63, 3.8) is 0 Å². The van der Waals surface area contributed by atoms with Gasteiger partial charge in [0, 0.05) is 39.9 Å². The number of fused-ring (bicyclic) bond motifs is 1. The monoisotopic (exact) mass is 415 g/mol. The van der Waals surface area contributed by atoms with Crippen LogP contribution in [0.5, 0.6) is 11.5 Å². The van der Waals surface area contributed by atoms with Crippen LogP contribution in [0, 0.1) is 6.92 Å². The van der Waals surface area contributed by atoms with Crippen LogP contribution in [0.25, 0.3) is 11.0 Å². The maximum Gasteiger partial charge on any atom is 0.255 e. The van der Waals surface area contributed by atoms with Crippen molar-refractivity contribution in [2.75, 3.05) is 19.5 Å². The smallest absolute Gasteiger partial charge is 0.255 e. The molecule has 1 heterocycles. The third kappa shape index (κ3) is 4.00. The molecule has 4 rings (SSSR count). The molecule has 1 N–H and O–H groups in total. The lowest BCUT2D eigenvalue weighted by Crippen LogP contribution is -2.12. The molecule has 31 heavy (non-hydrogen) atoms. The molecule has 1 aromatic heterocycles. The van der Waals surface area contributed by atoms with E-state index >= 15 is 0 Å². The van der Waals surface area contributed by atoms with Crippen LogP contribution >= 0.6 is 0 Å². The highest BCUT2D eigenvalue weighted by Gasteiger charge is 2.19. The fourth-order valence-corrected chi connectivity index (χ4v) is 3.38. The van der Waals surface area contributed by atoms with E-state index in [4.69, 9.17) is 13.9 Å². The number of amides is 1. The van der Waals surface area contributed by atoms with E-state index in [1.807, 2.05) is 31.2 Å². The molecule has 0 bridgehead atoms. The van der Waals surface area contributed by atoms with E-state index in [0.29, 0.717) is 39.7 Å². The Balaban J connectivity index is 1.63. The molecule has 0 aliphatic rings. The minimum atomic E-state index is -0.319. The average molecular weight is 415 g/mol. The summed E-state index contributed by atoms with van der Waals surface area (Å²) < 4.78 is 16.3. The first-order chi connectivity index (χ1) is 15.0. The number of methoxy groups -OCH3 is 2. The van der Waals surface area contributed by atoms with E-state index in [1.54, 1.807) is 42.5 Å². The second-order valence-electron chi connectivity index (χ2n) is 7.02. The van der Waals surface area contributed by atoms with Gasteiger partial charge in [-0.05, 0) is 31.2 Å². The predicted octanol–water partition coefficient (Wildman–Crippen LogP) is 5.24. The van der Waals surface area contributed by atoms with Gasteiger partial charge < -0.3 is 19.2 Å². The Morgan fingerprint density at radius 2 is 1.52 bits per heavy atom. The van der Waals surface area contributed by atoms with Crippen molar-refractivity contribution in [2.24, 2.45) is 0 Å². The quantitative estimate of drug-likeness (QED) is 0.436. The van der Waals surface area contributed by atoms with Crippen LogP contribution in [0.2, 0.25) is 0 Å². The summed E-state index contributed by atoms with van der Waals surface area (Å²) >= 11 is 0. The molecule has 6 nitrogen and oxygen atoms in total. The van der Waals surface area contributed by atoms with E-state index in [2.05, 4.69) is 5.32 Å². The van der Waals surface area contributed by atoms with E-state index in [1.165, 1.54) is 14.2 Å². The molecule has 0 atom stereocenters. The third-order valence-electron chi connectivity index (χ3n) is 5.05. The highest BCUT2D eigenvalue weighted by atomic mass is 16.5. The summed E-state index contributed by atoms with van der Waals surface area (Å²) in [6.45, 7) is 1.85. The summed E-state index contributed by atoms with van der Waals surface area (Å²) in [4.78, 5) is 25.6. The predicted molar refractivity (Wildman–Crippen MR) is 118 cm³/mol. The summed E-state index contributed by atoms with van der Waals surface area (Å²) in [5.74, 6) is 0.835. The number of carbonyl (C=O) groups excluding carboxylic acids is 2. The fourth-order valence-electron chi connectivity index (χ4n) is 3.38. The van der Waals surface area contributed by atoms with Gasteiger partial charge >= 0.3 is 0 Å². The van der Waals surface area contributed by atoms with Crippen molar-refractivity contribution in [1.29, 1.82) is 0 Å². The molecular formula is C25H21NO5. The first-order valence-corrected chi connectivity index (χ1v) is 9.67. The summed E-state index contributed by atoms with van der Waals surface area (Å²) in [7, 11) is 3.05. The molecule has 0 fully saturated rings. The van der Waals surface area contributed by atoms with Crippen molar-refractivity contribution < 1.29 is 23.5 Å². The molecule has 0 unspecified atom stereocenters. The summed E-state index contributed by atoms with van der Waals surface area (Å²) in [5, 5.41) is 3.67. The minimum Gasteiger partial charge on any atom is -0.497 e. The lowest BCUT2D eigenvalue weighted by atomic mass is 10.0. The summed E-state index contributed by atoms with van der Waals surface area (Å²) in [6, 6.07) is 19.3. The first-order valence-electron chi connectivity index (χ1n) is 9.67. The zero-order valence-electron chi connectivity index (χ0n) is 17.4. The highest BCUT2D eigenvalue weighted by Crippen LogP contribution is 2.30. The Morgan fingerprint density at radius 3 is 2.16 bits per heavy atom. The number of ketones is 1. The fraction of sp³-hybridized carbons (Fsp3) is 0.120. The number of ether oxygens (including phenoxy) is 2. The van der Waals surface area contributed by atoms with Gasteiger partial charge in [0.1, 0.15) is 17.1 Å². The van der Waals surface area contributed by atoms with Crippen molar-refractivity contribution in [3.05, 3.63) is 89.2 Å². The second-order valence-corrected chi connectivity index (χ2v) is 7.02. The van der Waals surface area contributed by atoms with Crippen molar-refractivity contribution in [1.82, 2.24) is 0 Å². The number of hydrogen-bond acceptors (Lipinski definition) is 5. The topological polar surface area (TPSA) is 77.8 Å². The van der Waals surface area contributed by atoms with Gasteiger partial charge in [-0.1, -0.05) is 30.3 Å². The number of furan rings is 1. The van der Waals surface area contributed by atoms with Crippen LogP contribution < -0.4 is 14.8 Å². The van der Waals surface area contributed by atoms with E-state index in [0.717, 1.165) is 10.9 Å². The molecule has 6 heteroatoms. The minimum absolute atomic E-state index is 0.177. The van der Waals surface area contributed by atoms with Crippen LogP contribution in [-0.4, -0.2) is 25.9 Å². The summed E-state index contributed by atoms with van der Waals surface area (Å²) in [5.41, 5.74) is 2.79. The maximum atomic E-state index is 12.8. The van der Waals surface area contributed by atoms with Crippen molar-refractivity contribution >= 4 is 28.3 Å². The highest BCUT2D eigenvalue weighted by molar-refractivity contribution is 6.11. The molecule has 0 saturated heterocycles. The average Bonchev–Trinajstić information content (AvgIpc) is 3.14. The zero-order valence-corrected chi connectivity index (χ0v) is 17.4. The number of hydrogen-bond donors (Lipinski definition) is 1. The Hall–Kier alpha value is -4.06. The Kier molecular flexibility index (Phi) is 5.45. The molecule has 0 saturated carbocycles. The van der Waals surface area contributed by atoms with Gasteiger partial charge in [0.05, 0.1) is 14.2 Å². The number of nitrogens with one attached hydrogen (secondary N) is 1. The van der Waals surface area contributed by atoms with E-state index in [-0.39, 0.29) is 11.7 Å². The van der Waals surface area contributed by atoms with Crippen LogP contribution in [0.15, 0.2) is 71.1 Å². The van der Waals surface area contributed by atoms with E-state index < -0.39 is 0 Å². The van der Waals surface area contributed by atoms with Gasteiger partial charge in [0.25, 0.3) is 5.91 Å². The molecule has 0 aliphatic carbocycles. The van der Waals surface area contributed by atoms with Crippen LogP contribution in [0.3, 0.4) is 0 Å². The van der Waals surface area contributed by atoms with Crippen molar-refractivity contribution in [2.45, 2.75) is 6.92 Å². The number of rotatable bonds is 6. The van der Waals surface area contributed by atoms with Crippen molar-refractivity contribution in [3.8, 4) is 11.5 Å². The first kappa shape index (κ1) is 20.2. The third-order valence-corrected chi connectivity index (χ3v) is 5.05. The number of benzene rings is 3. The maximum absolute atomic E-state index is 12.8. The normalized spacial score (nSPS) is 10.7. The van der Waals surface area contributed by atoms with Gasteiger partial charge in [0.15, 0.2) is 5.76 Å². The largest absolute Gasteiger partial charge is 0.497 e. The molecule has 156 valence electrons. The Morgan fingerprint density at radius 1 is 0.839 bits per heavy atom. The molecule has 0 spiro atoms. The zero-order chi connectivity index (χ0) is 22.0. The van der Waals surface area contributed by atoms with E-state index in [9.17, 15) is 9.59 Å². The van der Waals surface area contributed by atoms with Crippen LogP contribution in [0.4, 0.5) is 5.69 Å². The Labute approximate surface area is 179 Å². The molecule has 3 aromatic carbocycles. The lowest BCUT2D eigenvalue weighted by Gasteiger charge is -2.09.